The van der Waals surface area contributed by atoms with E-state index in [-0.39, 0.29) is 6.10 Å². The fourth-order valence-corrected chi connectivity index (χ4v) is 6.98. The minimum absolute atomic E-state index is 0.242. The third-order valence-corrected chi connectivity index (χ3v) is 8.24. The Kier molecular flexibility index (Phi) is 6.42. The Morgan fingerprint density at radius 2 is 2.00 bits per heavy atom. The second kappa shape index (κ2) is 9.05. The van der Waals surface area contributed by atoms with Gasteiger partial charge in [0.05, 0.1) is 18.4 Å². The smallest absolute Gasteiger partial charge is 0.101 e. The van der Waals surface area contributed by atoms with Crippen LogP contribution in [0.25, 0.3) is 0 Å². The molecule has 166 valence electrons. The zero-order chi connectivity index (χ0) is 19.8. The maximum absolute atomic E-state index is 14.5. The lowest BCUT2D eigenvalue weighted by Crippen LogP contribution is -2.65. The summed E-state index contributed by atoms with van der Waals surface area (Å²) >= 11 is 0. The molecule has 0 radical (unpaired) electrons. The number of nitrogens with zero attached hydrogens (tertiary/aromatic N) is 3. The van der Waals surface area contributed by atoms with Crippen LogP contribution in [0, 0.1) is 11.8 Å². The number of fused-ring (bicyclic) bond motifs is 5. The topological polar surface area (TPSA) is 43.0 Å². The van der Waals surface area contributed by atoms with Gasteiger partial charge in [0.25, 0.3) is 0 Å². The molecule has 4 saturated heterocycles. The van der Waals surface area contributed by atoms with E-state index in [9.17, 15) is 4.39 Å². The van der Waals surface area contributed by atoms with Gasteiger partial charge >= 0.3 is 0 Å². The minimum Gasteiger partial charge on any atom is -0.378 e. The predicted octanol–water partition coefficient (Wildman–Crippen LogP) is 1.78. The van der Waals surface area contributed by atoms with Gasteiger partial charge in [-0.2, -0.15) is 0 Å². The number of ether oxygens (including phenoxy) is 1. The normalized spacial score (nSPS) is 45.5. The van der Waals surface area contributed by atoms with Crippen LogP contribution in [-0.4, -0.2) is 91.3 Å². The first kappa shape index (κ1) is 20.6. The summed E-state index contributed by atoms with van der Waals surface area (Å²) in [6.07, 6.45) is 7.51. The second-order valence-electron chi connectivity index (χ2n) is 9.82. The van der Waals surface area contributed by atoms with Crippen molar-refractivity contribution in [3.63, 3.8) is 0 Å². The fraction of sp³-hybridized carbons (Fsp3) is 1.00. The van der Waals surface area contributed by atoms with Gasteiger partial charge < -0.3 is 10.1 Å². The van der Waals surface area contributed by atoms with Crippen molar-refractivity contribution in [3.05, 3.63) is 0 Å². The Morgan fingerprint density at radius 3 is 2.90 bits per heavy atom. The molecule has 0 amide bonds. The van der Waals surface area contributed by atoms with Crippen molar-refractivity contribution in [2.75, 3.05) is 45.9 Å². The second-order valence-corrected chi connectivity index (χ2v) is 9.82. The highest BCUT2D eigenvalue weighted by molar-refractivity contribution is 4.99. The lowest BCUT2D eigenvalue weighted by Gasteiger charge is -2.52. The van der Waals surface area contributed by atoms with Gasteiger partial charge in [0.1, 0.15) is 6.17 Å². The highest BCUT2D eigenvalue weighted by Crippen LogP contribution is 2.40. The molecular formula is C22H40FN5O. The summed E-state index contributed by atoms with van der Waals surface area (Å²) in [4.78, 5) is 5.51. The van der Waals surface area contributed by atoms with E-state index in [0.29, 0.717) is 43.1 Å². The fourth-order valence-electron chi connectivity index (χ4n) is 6.98. The van der Waals surface area contributed by atoms with Crippen molar-refractivity contribution in [1.82, 2.24) is 25.6 Å². The molecule has 0 aromatic carbocycles. The van der Waals surface area contributed by atoms with Crippen LogP contribution >= 0.6 is 0 Å². The molecule has 7 heteroatoms. The Balaban J connectivity index is 1.43. The number of alkyl halides is 1. The number of nitrogens with one attached hydrogen (secondary N) is 2. The van der Waals surface area contributed by atoms with Gasteiger partial charge in [-0.1, -0.05) is 6.92 Å². The van der Waals surface area contributed by atoms with Gasteiger partial charge in [-0.25, -0.2) is 9.40 Å². The average Bonchev–Trinajstić information content (AvgIpc) is 3.37. The maximum Gasteiger partial charge on any atom is 0.101 e. The molecule has 0 aromatic heterocycles. The summed E-state index contributed by atoms with van der Waals surface area (Å²) in [5.74, 6) is 0.965. The van der Waals surface area contributed by atoms with Crippen LogP contribution in [0.4, 0.5) is 4.39 Å². The standard InChI is InChI=1S/C22H40FN5O/c1-2-26-21-8-11-28-22(26)16(15-25-28)14-24-9-4-12-29-20-7-6-17(23)13-18(20)19-5-3-10-27(19)21/h16-22,24-25H,2-15H2,1H3/t16?,17?,18?,19-,20?,21?,22?/m1/s1. The summed E-state index contributed by atoms with van der Waals surface area (Å²) in [7, 11) is 0. The molecule has 4 heterocycles. The Labute approximate surface area is 175 Å². The third kappa shape index (κ3) is 3.99. The first-order valence-electron chi connectivity index (χ1n) is 12.2. The first-order valence-corrected chi connectivity index (χ1v) is 12.2. The van der Waals surface area contributed by atoms with E-state index in [2.05, 4.69) is 32.5 Å². The van der Waals surface area contributed by atoms with Crippen molar-refractivity contribution in [3.8, 4) is 0 Å². The third-order valence-electron chi connectivity index (χ3n) is 8.24. The van der Waals surface area contributed by atoms with E-state index in [1.165, 1.54) is 19.3 Å². The van der Waals surface area contributed by atoms with Gasteiger partial charge in [-0.05, 0) is 58.0 Å². The van der Waals surface area contributed by atoms with E-state index < -0.39 is 6.17 Å². The Morgan fingerprint density at radius 1 is 1.07 bits per heavy atom. The number of hydrogen-bond donors (Lipinski definition) is 2. The van der Waals surface area contributed by atoms with E-state index in [4.69, 9.17) is 4.74 Å². The van der Waals surface area contributed by atoms with Crippen molar-refractivity contribution in [2.45, 2.75) is 82.5 Å². The monoisotopic (exact) mass is 409 g/mol. The lowest BCUT2D eigenvalue weighted by atomic mass is 9.79. The molecule has 1 aliphatic carbocycles. The van der Waals surface area contributed by atoms with Gasteiger partial charge in [-0.15, -0.1) is 0 Å². The summed E-state index contributed by atoms with van der Waals surface area (Å²) in [6, 6.07) is 0.484. The zero-order valence-electron chi connectivity index (χ0n) is 18.1. The molecule has 2 bridgehead atoms. The van der Waals surface area contributed by atoms with Crippen molar-refractivity contribution >= 4 is 0 Å². The van der Waals surface area contributed by atoms with Crippen molar-refractivity contribution in [2.24, 2.45) is 11.8 Å². The maximum atomic E-state index is 14.5. The highest BCUT2D eigenvalue weighted by Gasteiger charge is 2.49. The molecule has 4 aliphatic heterocycles. The van der Waals surface area contributed by atoms with E-state index in [1.54, 1.807) is 0 Å². The Bertz CT molecular complexity index is 553. The van der Waals surface area contributed by atoms with E-state index >= 15 is 0 Å². The van der Waals surface area contributed by atoms with Gasteiger partial charge in [0.15, 0.2) is 0 Å². The quantitative estimate of drug-likeness (QED) is 0.688. The van der Waals surface area contributed by atoms with Gasteiger partial charge in [0.2, 0.25) is 0 Å². The molecule has 6 nitrogen and oxygen atoms in total. The minimum atomic E-state index is -0.643. The zero-order valence-corrected chi connectivity index (χ0v) is 18.1. The molecular weight excluding hydrogens is 369 g/mol. The van der Waals surface area contributed by atoms with Crippen LogP contribution in [-0.2, 0) is 4.74 Å². The molecule has 5 aliphatic rings. The molecule has 0 spiro atoms. The largest absolute Gasteiger partial charge is 0.378 e. The van der Waals surface area contributed by atoms with Crippen LogP contribution in [0.3, 0.4) is 0 Å². The average molecular weight is 410 g/mol. The molecule has 5 fully saturated rings. The molecule has 2 N–H and O–H groups in total. The Hall–Kier alpha value is -0.310. The van der Waals surface area contributed by atoms with Crippen LogP contribution < -0.4 is 10.7 Å². The van der Waals surface area contributed by atoms with E-state index in [0.717, 1.165) is 58.7 Å². The predicted molar refractivity (Wildman–Crippen MR) is 112 cm³/mol. The number of hydrogen-bond acceptors (Lipinski definition) is 6. The van der Waals surface area contributed by atoms with Crippen molar-refractivity contribution < 1.29 is 9.13 Å². The molecule has 29 heavy (non-hydrogen) atoms. The van der Waals surface area contributed by atoms with E-state index in [1.807, 2.05) is 0 Å². The van der Waals surface area contributed by atoms with Crippen LogP contribution in [0.5, 0.6) is 0 Å². The number of halogens is 1. The van der Waals surface area contributed by atoms with Gasteiger partial charge in [0, 0.05) is 50.7 Å². The van der Waals surface area contributed by atoms with Gasteiger partial charge in [-0.3, -0.25) is 15.2 Å². The molecule has 6 unspecified atom stereocenters. The SMILES string of the molecule is CCN1C2C3CNCCCOC4CCC(F)CC4[C@H]4CCCN4C1CCN2NC3. The number of rotatable bonds is 1. The molecule has 5 rings (SSSR count). The molecule has 0 aromatic rings. The first-order chi connectivity index (χ1) is 14.3. The van der Waals surface area contributed by atoms with Crippen molar-refractivity contribution in [1.29, 1.82) is 0 Å². The summed E-state index contributed by atoms with van der Waals surface area (Å²) < 4.78 is 20.9. The lowest BCUT2D eigenvalue weighted by molar-refractivity contribution is -0.122. The molecule has 7 atom stereocenters. The molecule has 1 saturated carbocycles. The van der Waals surface area contributed by atoms with Crippen LogP contribution in [0.15, 0.2) is 0 Å². The van der Waals surface area contributed by atoms with Crippen LogP contribution in [0.2, 0.25) is 0 Å². The summed E-state index contributed by atoms with van der Waals surface area (Å²) in [5, 5.41) is 6.19. The summed E-state index contributed by atoms with van der Waals surface area (Å²) in [6.45, 7) is 9.61. The van der Waals surface area contributed by atoms with Crippen LogP contribution in [0.1, 0.15) is 51.9 Å². The summed E-state index contributed by atoms with van der Waals surface area (Å²) in [5.41, 5.74) is 3.67. The number of hydrazine groups is 1. The highest BCUT2D eigenvalue weighted by atomic mass is 19.1.